The van der Waals surface area contributed by atoms with E-state index in [-0.39, 0.29) is 17.6 Å². The van der Waals surface area contributed by atoms with Gasteiger partial charge in [0.15, 0.2) is 6.10 Å². The number of alkyl halides is 1. The Morgan fingerprint density at radius 1 is 0.967 bits per heavy atom. The molecule has 6 heteroatoms. The molecule has 0 aromatic heterocycles. The lowest BCUT2D eigenvalue weighted by Crippen LogP contribution is -2.28. The zero-order valence-corrected chi connectivity index (χ0v) is 17.9. The van der Waals surface area contributed by atoms with Crippen LogP contribution in [0.1, 0.15) is 32.7 Å². The van der Waals surface area contributed by atoms with Gasteiger partial charge in [0.05, 0.1) is 0 Å². The predicted molar refractivity (Wildman–Crippen MR) is 121 cm³/mol. The second-order valence-corrected chi connectivity index (χ2v) is 7.62. The average Bonchev–Trinajstić information content (AvgIpc) is 2.74. The highest BCUT2D eigenvalue weighted by molar-refractivity contribution is 6.30. The van der Waals surface area contributed by atoms with E-state index in [1.54, 1.807) is 60.7 Å². The number of nitrogens with one attached hydrogen (secondary N) is 1. The molecule has 0 radical (unpaired) electrons. The molecule has 0 saturated heterocycles. The number of aryl methyl sites for hydroxylation is 1. The number of rotatable bonds is 8. The Bertz CT molecular complexity index is 1020. The van der Waals surface area contributed by atoms with Crippen molar-refractivity contribution in [1.82, 2.24) is 0 Å². The maximum atomic E-state index is 12.8. The molecule has 3 rings (SSSR count). The summed E-state index contributed by atoms with van der Waals surface area (Å²) < 4.78 is 5.93. The van der Waals surface area contributed by atoms with Crippen molar-refractivity contribution in [3.05, 3.63) is 94.5 Å². The number of hydrogen-bond donors (Lipinski definition) is 1. The number of halogens is 2. The second-order valence-electron chi connectivity index (χ2n) is 6.80. The minimum atomic E-state index is -0.744. The zero-order valence-electron chi connectivity index (χ0n) is 16.4. The van der Waals surface area contributed by atoms with Gasteiger partial charge in [-0.1, -0.05) is 35.4 Å². The van der Waals surface area contributed by atoms with Crippen LogP contribution >= 0.6 is 23.2 Å². The summed E-state index contributed by atoms with van der Waals surface area (Å²) >= 11 is 11.8. The molecule has 0 spiro atoms. The molecule has 3 aromatic rings. The van der Waals surface area contributed by atoms with E-state index in [9.17, 15) is 9.59 Å². The first kappa shape index (κ1) is 21.9. The summed E-state index contributed by atoms with van der Waals surface area (Å²) in [4.78, 5) is 25.3. The van der Waals surface area contributed by atoms with Crippen LogP contribution in [0.5, 0.6) is 5.75 Å². The number of carbonyl (C=O) groups is 2. The molecule has 0 bridgehead atoms. The second kappa shape index (κ2) is 10.3. The third-order valence-electron chi connectivity index (χ3n) is 4.48. The minimum absolute atomic E-state index is 0.179. The fourth-order valence-corrected chi connectivity index (χ4v) is 3.19. The van der Waals surface area contributed by atoms with E-state index in [1.807, 2.05) is 19.1 Å². The first-order valence-electron chi connectivity index (χ1n) is 9.47. The third kappa shape index (κ3) is 5.85. The molecule has 0 heterocycles. The van der Waals surface area contributed by atoms with Crippen molar-refractivity contribution >= 4 is 40.6 Å². The fraction of sp³-hybridized carbons (Fsp3) is 0.167. The number of ketones is 1. The first-order chi connectivity index (χ1) is 14.5. The summed E-state index contributed by atoms with van der Waals surface area (Å²) in [6.07, 6.45) is -0.394. The van der Waals surface area contributed by atoms with Crippen molar-refractivity contribution in [1.29, 1.82) is 0 Å². The van der Waals surface area contributed by atoms with Crippen LogP contribution in [0.15, 0.2) is 72.8 Å². The molecule has 3 aromatic carbocycles. The molecule has 0 aliphatic carbocycles. The maximum Gasteiger partial charge on any atom is 0.255 e. The van der Waals surface area contributed by atoms with Gasteiger partial charge in [-0.05, 0) is 55.5 Å². The summed E-state index contributed by atoms with van der Waals surface area (Å²) in [5.74, 6) is 0.339. The van der Waals surface area contributed by atoms with Crippen molar-refractivity contribution in [3.63, 3.8) is 0 Å². The Labute approximate surface area is 185 Å². The van der Waals surface area contributed by atoms with Crippen molar-refractivity contribution < 1.29 is 14.3 Å². The van der Waals surface area contributed by atoms with Crippen LogP contribution in [-0.4, -0.2) is 23.7 Å². The average molecular weight is 442 g/mol. The van der Waals surface area contributed by atoms with Crippen LogP contribution in [0.25, 0.3) is 0 Å². The summed E-state index contributed by atoms with van der Waals surface area (Å²) in [6, 6.07) is 20.9. The van der Waals surface area contributed by atoms with Gasteiger partial charge in [-0.15, -0.1) is 11.6 Å². The molecular weight excluding hydrogens is 421 g/mol. The lowest BCUT2D eigenvalue weighted by molar-refractivity contribution is 0.0787. The van der Waals surface area contributed by atoms with Gasteiger partial charge < -0.3 is 10.1 Å². The lowest BCUT2D eigenvalue weighted by Gasteiger charge is -2.18. The van der Waals surface area contributed by atoms with Gasteiger partial charge in [0.2, 0.25) is 5.78 Å². The van der Waals surface area contributed by atoms with Crippen LogP contribution in [0.3, 0.4) is 0 Å². The van der Waals surface area contributed by atoms with E-state index in [2.05, 4.69) is 5.32 Å². The Kier molecular flexibility index (Phi) is 7.50. The molecule has 4 nitrogen and oxygen atoms in total. The van der Waals surface area contributed by atoms with Gasteiger partial charge >= 0.3 is 0 Å². The maximum absolute atomic E-state index is 12.8. The van der Waals surface area contributed by atoms with Crippen LogP contribution in [0, 0.1) is 6.92 Å². The Hall–Kier alpha value is -2.82. The third-order valence-corrected chi connectivity index (χ3v) is 4.95. The van der Waals surface area contributed by atoms with Crippen molar-refractivity contribution in [2.75, 3.05) is 11.2 Å². The van der Waals surface area contributed by atoms with Gasteiger partial charge in [0, 0.05) is 40.2 Å². The number of anilines is 1. The van der Waals surface area contributed by atoms with Crippen LogP contribution in [0.2, 0.25) is 5.02 Å². The summed E-state index contributed by atoms with van der Waals surface area (Å²) in [7, 11) is 0. The van der Waals surface area contributed by atoms with Crippen molar-refractivity contribution in [2.24, 2.45) is 0 Å². The van der Waals surface area contributed by atoms with Gasteiger partial charge in [-0.3, -0.25) is 9.59 Å². The highest BCUT2D eigenvalue weighted by Gasteiger charge is 2.22. The molecule has 0 aliphatic heterocycles. The van der Waals surface area contributed by atoms with E-state index < -0.39 is 6.10 Å². The molecule has 154 valence electrons. The molecule has 0 fully saturated rings. The summed E-state index contributed by atoms with van der Waals surface area (Å²) in [5, 5.41) is 3.40. The molecule has 1 unspecified atom stereocenters. The molecule has 1 atom stereocenters. The monoisotopic (exact) mass is 441 g/mol. The molecule has 0 aliphatic rings. The lowest BCUT2D eigenvalue weighted by atomic mass is 10.0. The Morgan fingerprint density at radius 2 is 1.63 bits per heavy atom. The summed E-state index contributed by atoms with van der Waals surface area (Å²) in [5.41, 5.74) is 2.71. The number of amides is 1. The molecule has 1 N–H and O–H groups in total. The van der Waals surface area contributed by atoms with E-state index in [1.165, 1.54) is 0 Å². The zero-order chi connectivity index (χ0) is 21.5. The number of ether oxygens (including phenoxy) is 1. The number of carbonyl (C=O) groups excluding carboxylic acids is 2. The molecular formula is C24H21Cl2NO3. The van der Waals surface area contributed by atoms with Gasteiger partial charge in [-0.25, -0.2) is 0 Å². The normalized spacial score (nSPS) is 11.6. The predicted octanol–water partition coefficient (Wildman–Crippen LogP) is 6.16. The number of Topliss-reactive ketones (excluding diaryl/α,β-unsaturated/α-hetero) is 1. The largest absolute Gasteiger partial charge is 0.482 e. The van der Waals surface area contributed by atoms with Crippen LogP contribution in [0.4, 0.5) is 5.69 Å². The quantitative estimate of drug-likeness (QED) is 0.336. The standard InChI is InChI=1S/C24H21Cl2NO3/c1-16-5-7-18(8-6-16)24(29)27-20-3-2-4-21(15-20)30-22(13-14-25)23(28)17-9-11-19(26)12-10-17/h2-12,15,22H,13-14H2,1H3,(H,27,29). The topological polar surface area (TPSA) is 55.4 Å². The number of benzene rings is 3. The molecule has 30 heavy (non-hydrogen) atoms. The molecule has 0 saturated carbocycles. The van der Waals surface area contributed by atoms with E-state index in [0.717, 1.165) is 5.56 Å². The Balaban J connectivity index is 1.73. The number of hydrogen-bond acceptors (Lipinski definition) is 3. The van der Waals surface area contributed by atoms with Crippen molar-refractivity contribution in [2.45, 2.75) is 19.4 Å². The minimum Gasteiger partial charge on any atom is -0.482 e. The smallest absolute Gasteiger partial charge is 0.255 e. The highest BCUT2D eigenvalue weighted by Crippen LogP contribution is 2.22. The molecule has 1 amide bonds. The fourth-order valence-electron chi connectivity index (χ4n) is 2.86. The van der Waals surface area contributed by atoms with E-state index in [4.69, 9.17) is 27.9 Å². The van der Waals surface area contributed by atoms with Gasteiger partial charge in [-0.2, -0.15) is 0 Å². The summed E-state index contributed by atoms with van der Waals surface area (Å²) in [6.45, 7) is 1.96. The van der Waals surface area contributed by atoms with Crippen LogP contribution < -0.4 is 10.1 Å². The Morgan fingerprint density at radius 3 is 2.30 bits per heavy atom. The highest BCUT2D eigenvalue weighted by atomic mass is 35.5. The van der Waals surface area contributed by atoms with Gasteiger partial charge in [0.1, 0.15) is 5.75 Å². The SMILES string of the molecule is Cc1ccc(C(=O)Nc2cccc(OC(CCCl)C(=O)c3ccc(Cl)cc3)c2)cc1. The van der Waals surface area contributed by atoms with Crippen molar-refractivity contribution in [3.8, 4) is 5.75 Å². The van der Waals surface area contributed by atoms with Gasteiger partial charge in [0.25, 0.3) is 5.91 Å². The first-order valence-corrected chi connectivity index (χ1v) is 10.4. The van der Waals surface area contributed by atoms with E-state index >= 15 is 0 Å². The van der Waals surface area contributed by atoms with Crippen LogP contribution in [-0.2, 0) is 0 Å². The van der Waals surface area contributed by atoms with E-state index in [0.29, 0.717) is 34.0 Å².